The molecule has 0 saturated heterocycles. The second kappa shape index (κ2) is 4.72. The summed E-state index contributed by atoms with van der Waals surface area (Å²) in [5, 5.41) is 1.13. The first kappa shape index (κ1) is 11.9. The molecule has 0 aliphatic heterocycles. The lowest BCUT2D eigenvalue weighted by atomic mass is 10.3. The highest BCUT2D eigenvalue weighted by Crippen LogP contribution is 2.34. The molecule has 0 radical (unpaired) electrons. The molecular formula is C12H21N3S. The molecule has 0 bridgehead atoms. The summed E-state index contributed by atoms with van der Waals surface area (Å²) in [4.78, 5) is 8.09. The number of aromatic nitrogens is 1. The Hall–Kier alpha value is -0.610. The Bertz CT molecular complexity index is 342. The molecular weight excluding hydrogens is 218 g/mol. The van der Waals surface area contributed by atoms with Gasteiger partial charge in [-0.15, -0.1) is 11.3 Å². The highest BCUT2D eigenvalue weighted by molar-refractivity contribution is 7.15. The molecule has 0 amide bonds. The van der Waals surface area contributed by atoms with Crippen molar-refractivity contribution in [1.29, 1.82) is 0 Å². The zero-order valence-electron chi connectivity index (χ0n) is 10.3. The van der Waals surface area contributed by atoms with Crippen LogP contribution in [0.4, 0.5) is 5.13 Å². The molecule has 1 aliphatic rings. The highest BCUT2D eigenvalue weighted by atomic mass is 32.1. The van der Waals surface area contributed by atoms with Crippen LogP contribution in [0.2, 0.25) is 0 Å². The van der Waals surface area contributed by atoms with Crippen molar-refractivity contribution >= 4 is 16.5 Å². The number of nitrogens with zero attached hydrogens (tertiary/aromatic N) is 2. The molecule has 16 heavy (non-hydrogen) atoms. The van der Waals surface area contributed by atoms with Crippen molar-refractivity contribution in [2.24, 2.45) is 11.7 Å². The van der Waals surface area contributed by atoms with Crippen LogP contribution in [0.25, 0.3) is 0 Å². The van der Waals surface area contributed by atoms with Gasteiger partial charge in [0.15, 0.2) is 5.13 Å². The van der Waals surface area contributed by atoms with Gasteiger partial charge in [-0.2, -0.15) is 0 Å². The fraction of sp³-hybridized carbons (Fsp3) is 0.750. The van der Waals surface area contributed by atoms with E-state index in [2.05, 4.69) is 23.7 Å². The Morgan fingerprint density at radius 3 is 2.62 bits per heavy atom. The number of hydrogen-bond acceptors (Lipinski definition) is 4. The van der Waals surface area contributed by atoms with Crippen LogP contribution in [0.1, 0.15) is 44.5 Å². The molecule has 1 fully saturated rings. The van der Waals surface area contributed by atoms with E-state index in [0.717, 1.165) is 17.6 Å². The van der Waals surface area contributed by atoms with Gasteiger partial charge in [0.25, 0.3) is 0 Å². The Kier molecular flexibility index (Phi) is 3.50. The Morgan fingerprint density at radius 2 is 2.19 bits per heavy atom. The molecule has 1 atom stereocenters. The van der Waals surface area contributed by atoms with Crippen LogP contribution in [-0.2, 0) is 0 Å². The summed E-state index contributed by atoms with van der Waals surface area (Å²) in [6.07, 6.45) is 4.69. The van der Waals surface area contributed by atoms with Crippen molar-refractivity contribution in [3.63, 3.8) is 0 Å². The third-order valence-corrected chi connectivity index (χ3v) is 4.22. The Morgan fingerprint density at radius 1 is 1.50 bits per heavy atom. The van der Waals surface area contributed by atoms with Crippen molar-refractivity contribution in [1.82, 2.24) is 4.98 Å². The summed E-state index contributed by atoms with van der Waals surface area (Å²) < 4.78 is 0. The molecule has 3 nitrogen and oxygen atoms in total. The summed E-state index contributed by atoms with van der Waals surface area (Å²) in [5.74, 6) is 0.894. The van der Waals surface area contributed by atoms with E-state index in [9.17, 15) is 0 Å². The van der Waals surface area contributed by atoms with Gasteiger partial charge < -0.3 is 10.6 Å². The van der Waals surface area contributed by atoms with Crippen LogP contribution in [-0.4, -0.2) is 17.6 Å². The molecule has 1 heterocycles. The number of thiazole rings is 1. The largest absolute Gasteiger partial charge is 0.345 e. The predicted octanol–water partition coefficient (Wildman–Crippen LogP) is 2.79. The first-order valence-corrected chi connectivity index (χ1v) is 6.87. The topological polar surface area (TPSA) is 42.1 Å². The van der Waals surface area contributed by atoms with Crippen LogP contribution >= 0.6 is 11.3 Å². The molecule has 1 unspecified atom stereocenters. The van der Waals surface area contributed by atoms with Crippen molar-refractivity contribution in [3.05, 3.63) is 11.1 Å². The van der Waals surface area contributed by atoms with Crippen molar-refractivity contribution < 1.29 is 0 Å². The molecule has 1 aromatic rings. The number of rotatable bonds is 5. The van der Waals surface area contributed by atoms with E-state index < -0.39 is 0 Å². The lowest BCUT2D eigenvalue weighted by Gasteiger charge is -2.26. The number of nitrogens with two attached hydrogens (primary N) is 1. The van der Waals surface area contributed by atoms with Crippen LogP contribution in [0, 0.1) is 5.92 Å². The third-order valence-electron chi connectivity index (χ3n) is 2.98. The molecule has 1 saturated carbocycles. The predicted molar refractivity (Wildman–Crippen MR) is 69.9 cm³/mol. The van der Waals surface area contributed by atoms with E-state index in [1.165, 1.54) is 17.7 Å². The second-order valence-electron chi connectivity index (χ2n) is 5.02. The van der Waals surface area contributed by atoms with Gasteiger partial charge in [0, 0.05) is 29.7 Å². The molecule has 2 N–H and O–H groups in total. The monoisotopic (exact) mass is 239 g/mol. The molecule has 4 heteroatoms. The fourth-order valence-corrected chi connectivity index (χ4v) is 2.72. The zero-order chi connectivity index (χ0) is 11.7. The van der Waals surface area contributed by atoms with Gasteiger partial charge >= 0.3 is 0 Å². The summed E-state index contributed by atoms with van der Waals surface area (Å²) in [6, 6.07) is 0.619. The average Bonchev–Trinajstić information content (AvgIpc) is 2.89. The first-order valence-electron chi connectivity index (χ1n) is 6.06. The van der Waals surface area contributed by atoms with E-state index in [1.807, 2.05) is 13.1 Å². The molecule has 1 aromatic heterocycles. The lowest BCUT2D eigenvalue weighted by Crippen LogP contribution is -2.32. The minimum absolute atomic E-state index is 0.0983. The van der Waals surface area contributed by atoms with Gasteiger partial charge in [0.1, 0.15) is 0 Å². The minimum Gasteiger partial charge on any atom is -0.345 e. The fourth-order valence-electron chi connectivity index (χ4n) is 1.71. The third kappa shape index (κ3) is 2.74. The Labute approximate surface area is 102 Å². The SMILES string of the molecule is CC(N)c1cnc(N(CC2CC2)C(C)C)s1. The van der Waals surface area contributed by atoms with E-state index in [4.69, 9.17) is 5.73 Å². The highest BCUT2D eigenvalue weighted by Gasteiger charge is 2.27. The van der Waals surface area contributed by atoms with E-state index in [0.29, 0.717) is 6.04 Å². The zero-order valence-corrected chi connectivity index (χ0v) is 11.1. The van der Waals surface area contributed by atoms with Crippen molar-refractivity contribution in [2.45, 2.75) is 45.7 Å². The number of hydrogen-bond donors (Lipinski definition) is 1. The lowest BCUT2D eigenvalue weighted by molar-refractivity contribution is 0.643. The molecule has 90 valence electrons. The van der Waals surface area contributed by atoms with Crippen LogP contribution in [0.3, 0.4) is 0 Å². The van der Waals surface area contributed by atoms with Crippen molar-refractivity contribution in [3.8, 4) is 0 Å². The van der Waals surface area contributed by atoms with Crippen molar-refractivity contribution in [2.75, 3.05) is 11.4 Å². The standard InChI is InChI=1S/C12H21N3S/c1-8(2)15(7-10-4-5-10)12-14-6-11(16-12)9(3)13/h6,8-10H,4-5,7,13H2,1-3H3. The minimum atomic E-state index is 0.0983. The van der Waals surface area contributed by atoms with Gasteiger partial charge in [-0.05, 0) is 39.5 Å². The average molecular weight is 239 g/mol. The smallest absolute Gasteiger partial charge is 0.185 e. The normalized spacial score (nSPS) is 17.8. The van der Waals surface area contributed by atoms with Crippen LogP contribution in [0.5, 0.6) is 0 Å². The maximum Gasteiger partial charge on any atom is 0.185 e. The molecule has 1 aliphatic carbocycles. The van der Waals surface area contributed by atoms with Crippen LogP contribution in [0.15, 0.2) is 6.20 Å². The van der Waals surface area contributed by atoms with Crippen LogP contribution < -0.4 is 10.6 Å². The number of anilines is 1. The maximum atomic E-state index is 5.87. The summed E-state index contributed by atoms with van der Waals surface area (Å²) in [7, 11) is 0. The Balaban J connectivity index is 2.10. The molecule has 0 aromatic carbocycles. The van der Waals surface area contributed by atoms with Gasteiger partial charge in [0.2, 0.25) is 0 Å². The van der Waals surface area contributed by atoms with E-state index in [-0.39, 0.29) is 6.04 Å². The molecule has 2 rings (SSSR count). The van der Waals surface area contributed by atoms with Gasteiger partial charge in [-0.25, -0.2) is 4.98 Å². The molecule has 0 spiro atoms. The van der Waals surface area contributed by atoms with Gasteiger partial charge in [0.05, 0.1) is 0 Å². The second-order valence-corrected chi connectivity index (χ2v) is 6.06. The first-order chi connectivity index (χ1) is 7.58. The van der Waals surface area contributed by atoms with E-state index in [1.54, 1.807) is 11.3 Å². The summed E-state index contributed by atoms with van der Waals surface area (Å²) >= 11 is 1.74. The van der Waals surface area contributed by atoms with Gasteiger partial charge in [-0.1, -0.05) is 0 Å². The summed E-state index contributed by atoms with van der Waals surface area (Å²) in [5.41, 5.74) is 5.87. The van der Waals surface area contributed by atoms with Gasteiger partial charge in [-0.3, -0.25) is 0 Å². The van der Waals surface area contributed by atoms with E-state index >= 15 is 0 Å². The quantitative estimate of drug-likeness (QED) is 0.859. The summed E-state index contributed by atoms with van der Waals surface area (Å²) in [6.45, 7) is 7.63. The maximum absolute atomic E-state index is 5.87.